The number of anilines is 1. The van der Waals surface area contributed by atoms with E-state index in [4.69, 9.17) is 20.0 Å². The number of nitrogens with two attached hydrogens (primary N) is 1. The predicted molar refractivity (Wildman–Crippen MR) is 116 cm³/mol. The summed E-state index contributed by atoms with van der Waals surface area (Å²) in [5.41, 5.74) is 0.859. The monoisotopic (exact) mass is 462 g/mol. The zero-order chi connectivity index (χ0) is 22.6. The molecule has 3 rings (SSSR count). The fourth-order valence-electron chi connectivity index (χ4n) is 2.61. The molecule has 2 aromatic rings. The predicted octanol–water partition coefficient (Wildman–Crippen LogP) is 1.50. The topological polar surface area (TPSA) is 161 Å². The summed E-state index contributed by atoms with van der Waals surface area (Å²) in [4.78, 5) is 24.4. The van der Waals surface area contributed by atoms with Crippen molar-refractivity contribution < 1.29 is 27.5 Å². The van der Waals surface area contributed by atoms with Gasteiger partial charge in [-0.3, -0.25) is 15.0 Å². The van der Waals surface area contributed by atoms with Crippen LogP contribution in [0, 0.1) is 5.41 Å². The van der Waals surface area contributed by atoms with Crippen LogP contribution in [0.3, 0.4) is 0 Å². The first-order chi connectivity index (χ1) is 14.7. The van der Waals surface area contributed by atoms with Gasteiger partial charge < -0.3 is 20.1 Å². The molecule has 0 spiro atoms. The van der Waals surface area contributed by atoms with Crippen LogP contribution in [-0.4, -0.2) is 39.1 Å². The first-order valence-corrected chi connectivity index (χ1v) is 11.1. The summed E-state index contributed by atoms with van der Waals surface area (Å²) in [7, 11) is -2.38. The van der Waals surface area contributed by atoms with E-state index in [2.05, 4.69) is 10.6 Å². The third-order valence-electron chi connectivity index (χ3n) is 3.99. The highest BCUT2D eigenvalue weighted by Gasteiger charge is 2.23. The van der Waals surface area contributed by atoms with E-state index in [0.717, 1.165) is 11.8 Å². The zero-order valence-corrected chi connectivity index (χ0v) is 17.8. The molecule has 31 heavy (non-hydrogen) atoms. The molecule has 10 nitrogen and oxygen atoms in total. The zero-order valence-electron chi connectivity index (χ0n) is 16.2. The van der Waals surface area contributed by atoms with Gasteiger partial charge in [0, 0.05) is 11.3 Å². The lowest BCUT2D eigenvalue weighted by Crippen LogP contribution is -2.21. The Hall–Kier alpha value is -3.35. The normalized spacial score (nSPS) is 15.0. The SMILES string of the molecule is COc1cccc(C=C2SC(=N)NC2=O)c1OCC(=O)Nc1ccc(S(N)(=O)=O)cc1. The number of para-hydroxylation sites is 1. The molecule has 2 aromatic carbocycles. The van der Waals surface area contributed by atoms with E-state index >= 15 is 0 Å². The lowest BCUT2D eigenvalue weighted by Gasteiger charge is -2.14. The van der Waals surface area contributed by atoms with Gasteiger partial charge in [-0.2, -0.15) is 0 Å². The molecule has 0 radical (unpaired) electrons. The van der Waals surface area contributed by atoms with E-state index in [1.807, 2.05) is 0 Å². The molecule has 1 fully saturated rings. The third kappa shape index (κ3) is 5.63. The number of primary sulfonamides is 1. The quantitative estimate of drug-likeness (QED) is 0.453. The molecule has 0 aliphatic carbocycles. The molecule has 0 atom stereocenters. The smallest absolute Gasteiger partial charge is 0.264 e. The van der Waals surface area contributed by atoms with Crippen molar-refractivity contribution in [1.82, 2.24) is 5.32 Å². The van der Waals surface area contributed by atoms with Crippen LogP contribution in [-0.2, 0) is 19.6 Å². The fourth-order valence-corrected chi connectivity index (χ4v) is 3.82. The molecular weight excluding hydrogens is 444 g/mol. The highest BCUT2D eigenvalue weighted by Crippen LogP contribution is 2.35. The van der Waals surface area contributed by atoms with Crippen LogP contribution in [0.1, 0.15) is 5.56 Å². The fraction of sp³-hybridized carbons (Fsp3) is 0.105. The maximum Gasteiger partial charge on any atom is 0.264 e. The van der Waals surface area contributed by atoms with E-state index in [-0.39, 0.29) is 22.4 Å². The number of benzene rings is 2. The van der Waals surface area contributed by atoms with E-state index in [0.29, 0.717) is 21.9 Å². The Balaban J connectivity index is 1.73. The van der Waals surface area contributed by atoms with Crippen LogP contribution in [0.4, 0.5) is 5.69 Å². The Morgan fingerprint density at radius 2 is 1.97 bits per heavy atom. The lowest BCUT2D eigenvalue weighted by atomic mass is 10.1. The molecule has 2 amide bonds. The van der Waals surface area contributed by atoms with E-state index in [1.54, 1.807) is 24.3 Å². The van der Waals surface area contributed by atoms with Gasteiger partial charge in [-0.25, -0.2) is 13.6 Å². The van der Waals surface area contributed by atoms with Crippen LogP contribution >= 0.6 is 11.8 Å². The number of rotatable bonds is 7. The Labute approximate surface area is 182 Å². The summed E-state index contributed by atoms with van der Waals surface area (Å²) in [5.74, 6) is -0.283. The maximum atomic E-state index is 12.3. The first kappa shape index (κ1) is 22.3. The van der Waals surface area contributed by atoms with Gasteiger partial charge in [-0.1, -0.05) is 12.1 Å². The summed E-state index contributed by atoms with van der Waals surface area (Å²) < 4.78 is 33.5. The molecule has 162 valence electrons. The average molecular weight is 463 g/mol. The van der Waals surface area contributed by atoms with Crippen LogP contribution in [0.2, 0.25) is 0 Å². The van der Waals surface area contributed by atoms with Crippen molar-refractivity contribution in [3.8, 4) is 11.5 Å². The van der Waals surface area contributed by atoms with Crippen LogP contribution in [0.15, 0.2) is 52.3 Å². The van der Waals surface area contributed by atoms with E-state index in [1.165, 1.54) is 31.4 Å². The molecule has 1 heterocycles. The molecule has 1 saturated heterocycles. The first-order valence-electron chi connectivity index (χ1n) is 8.69. The average Bonchev–Trinajstić information content (AvgIpc) is 3.03. The molecular formula is C19H18N4O6S2. The molecule has 12 heteroatoms. The van der Waals surface area contributed by atoms with Gasteiger partial charge in [-0.05, 0) is 48.2 Å². The van der Waals surface area contributed by atoms with Crippen molar-refractivity contribution in [2.75, 3.05) is 19.0 Å². The van der Waals surface area contributed by atoms with Gasteiger partial charge in [0.05, 0.1) is 16.9 Å². The number of thioether (sulfide) groups is 1. The number of ether oxygens (including phenoxy) is 2. The number of amides is 2. The number of amidine groups is 1. The molecule has 0 unspecified atom stereocenters. The van der Waals surface area contributed by atoms with Crippen LogP contribution in [0.5, 0.6) is 11.5 Å². The lowest BCUT2D eigenvalue weighted by molar-refractivity contribution is -0.118. The van der Waals surface area contributed by atoms with Crippen LogP contribution in [0.25, 0.3) is 6.08 Å². The number of carbonyl (C=O) groups is 2. The Morgan fingerprint density at radius 1 is 1.26 bits per heavy atom. The van der Waals surface area contributed by atoms with Gasteiger partial charge in [0.25, 0.3) is 11.8 Å². The van der Waals surface area contributed by atoms with Gasteiger partial charge in [0.1, 0.15) is 0 Å². The second kappa shape index (κ2) is 9.20. The van der Waals surface area contributed by atoms with Crippen molar-refractivity contribution in [2.45, 2.75) is 4.90 Å². The minimum atomic E-state index is -3.82. The Bertz CT molecular complexity index is 1180. The van der Waals surface area contributed by atoms with Gasteiger partial charge in [0.2, 0.25) is 10.0 Å². The number of sulfonamides is 1. The highest BCUT2D eigenvalue weighted by molar-refractivity contribution is 8.18. The Morgan fingerprint density at radius 3 is 2.55 bits per heavy atom. The van der Waals surface area contributed by atoms with Gasteiger partial charge >= 0.3 is 0 Å². The summed E-state index contributed by atoms with van der Waals surface area (Å²) in [6.07, 6.45) is 1.54. The van der Waals surface area contributed by atoms with Crippen molar-refractivity contribution in [3.05, 3.63) is 52.9 Å². The second-order valence-electron chi connectivity index (χ2n) is 6.18. The molecule has 0 aromatic heterocycles. The number of carbonyl (C=O) groups excluding carboxylic acids is 2. The summed E-state index contributed by atoms with van der Waals surface area (Å²) in [6.45, 7) is -0.372. The number of hydrogen-bond donors (Lipinski definition) is 4. The minimum absolute atomic E-state index is 0.0226. The van der Waals surface area contributed by atoms with E-state index in [9.17, 15) is 18.0 Å². The van der Waals surface area contributed by atoms with Gasteiger partial charge in [-0.15, -0.1) is 0 Å². The maximum absolute atomic E-state index is 12.3. The molecule has 0 saturated carbocycles. The van der Waals surface area contributed by atoms with Crippen molar-refractivity contribution in [2.24, 2.45) is 5.14 Å². The number of nitrogens with one attached hydrogen (secondary N) is 3. The van der Waals surface area contributed by atoms with Crippen molar-refractivity contribution in [1.29, 1.82) is 5.41 Å². The highest BCUT2D eigenvalue weighted by atomic mass is 32.2. The summed E-state index contributed by atoms with van der Waals surface area (Å²) in [6, 6.07) is 10.4. The summed E-state index contributed by atoms with van der Waals surface area (Å²) in [5, 5.41) is 17.6. The molecule has 1 aliphatic rings. The van der Waals surface area contributed by atoms with Gasteiger partial charge in [0.15, 0.2) is 23.3 Å². The third-order valence-corrected chi connectivity index (χ3v) is 5.75. The largest absolute Gasteiger partial charge is 0.493 e. The van der Waals surface area contributed by atoms with Crippen molar-refractivity contribution in [3.63, 3.8) is 0 Å². The van der Waals surface area contributed by atoms with Crippen LogP contribution < -0.4 is 25.2 Å². The second-order valence-corrected chi connectivity index (χ2v) is 8.79. The van der Waals surface area contributed by atoms with Crippen molar-refractivity contribution >= 4 is 50.5 Å². The number of methoxy groups -OCH3 is 1. The molecule has 1 aliphatic heterocycles. The standard InChI is InChI=1S/C19H18N4O6S2/c1-28-14-4-2-3-11(9-15-18(25)23-19(20)30-15)17(14)29-10-16(24)22-12-5-7-13(8-6-12)31(21,26)27/h2-9H,10H2,1H3,(H,22,24)(H2,20,23,25)(H2,21,26,27). The number of hydrogen-bond acceptors (Lipinski definition) is 8. The summed E-state index contributed by atoms with van der Waals surface area (Å²) >= 11 is 0.976. The molecule has 5 N–H and O–H groups in total. The van der Waals surface area contributed by atoms with E-state index < -0.39 is 21.8 Å². The molecule has 0 bridgehead atoms. The minimum Gasteiger partial charge on any atom is -0.493 e. The Kier molecular flexibility index (Phi) is 6.63.